The number of nitriles is 1. The van der Waals surface area contributed by atoms with Gasteiger partial charge in [0.25, 0.3) is 0 Å². The van der Waals surface area contributed by atoms with Gasteiger partial charge in [-0.05, 0) is 35.9 Å². The van der Waals surface area contributed by atoms with Crippen molar-refractivity contribution in [2.24, 2.45) is 0 Å². The molecule has 1 aromatic carbocycles. The fraction of sp³-hybridized carbons (Fsp3) is 0.0667. The van der Waals surface area contributed by atoms with Gasteiger partial charge in [-0.25, -0.2) is 0 Å². The summed E-state index contributed by atoms with van der Waals surface area (Å²) < 4.78 is 5.25. The zero-order valence-corrected chi connectivity index (χ0v) is 12.1. The third kappa shape index (κ3) is 2.93. The van der Waals surface area contributed by atoms with Crippen LogP contribution in [0.15, 0.2) is 42.7 Å². The summed E-state index contributed by atoms with van der Waals surface area (Å²) >= 11 is 12.3. The number of methoxy groups -OCH3 is 1. The molecule has 2 aromatic rings. The van der Waals surface area contributed by atoms with Gasteiger partial charge >= 0.3 is 0 Å². The third-order valence-corrected chi connectivity index (χ3v) is 3.33. The molecule has 0 N–H and O–H groups in total. The van der Waals surface area contributed by atoms with Crippen molar-refractivity contribution in [1.29, 1.82) is 5.26 Å². The van der Waals surface area contributed by atoms with E-state index in [-0.39, 0.29) is 0 Å². The molecule has 1 aromatic heterocycles. The highest BCUT2D eigenvalue weighted by Gasteiger charge is 2.14. The molecular formula is C15H10Cl2N2O. The van der Waals surface area contributed by atoms with E-state index in [0.29, 0.717) is 32.5 Å². The molecule has 0 atom stereocenters. The molecule has 0 aliphatic carbocycles. The Bertz CT molecular complexity index is 691. The average molecular weight is 305 g/mol. The second kappa shape index (κ2) is 6.42. The van der Waals surface area contributed by atoms with Gasteiger partial charge < -0.3 is 4.74 Å². The van der Waals surface area contributed by atoms with Crippen molar-refractivity contribution in [3.8, 4) is 11.8 Å². The van der Waals surface area contributed by atoms with Crippen LogP contribution in [0.1, 0.15) is 11.1 Å². The summed E-state index contributed by atoms with van der Waals surface area (Å²) in [5, 5.41) is 10.2. The number of hydrogen-bond donors (Lipinski definition) is 0. The summed E-state index contributed by atoms with van der Waals surface area (Å²) in [6, 6.07) is 10.6. The number of pyridine rings is 1. The van der Waals surface area contributed by atoms with Crippen LogP contribution in [0.3, 0.4) is 0 Å². The second-order valence-corrected chi connectivity index (χ2v) is 4.70. The lowest BCUT2D eigenvalue weighted by Crippen LogP contribution is -1.92. The fourth-order valence-corrected chi connectivity index (χ4v) is 2.21. The van der Waals surface area contributed by atoms with Crippen LogP contribution >= 0.6 is 23.2 Å². The Labute approximate surface area is 127 Å². The highest BCUT2D eigenvalue weighted by molar-refractivity contribution is 6.53. The number of ether oxygens (including phenoxy) is 1. The Morgan fingerprint density at radius 3 is 2.55 bits per heavy atom. The molecule has 0 unspecified atom stereocenters. The summed E-state index contributed by atoms with van der Waals surface area (Å²) in [5.41, 5.74) is 1.67. The molecule has 0 bridgehead atoms. The Morgan fingerprint density at radius 1 is 1.25 bits per heavy atom. The highest BCUT2D eigenvalue weighted by atomic mass is 35.5. The number of hydrogen-bond acceptors (Lipinski definition) is 3. The summed E-state index contributed by atoms with van der Waals surface area (Å²) in [6.07, 6.45) is 3.21. The first kappa shape index (κ1) is 14.4. The largest absolute Gasteiger partial charge is 0.496 e. The number of rotatable bonds is 3. The molecule has 2 rings (SSSR count). The molecule has 0 saturated heterocycles. The minimum absolute atomic E-state index is 0.312. The molecular weight excluding hydrogens is 295 g/mol. The maximum Gasteiger partial charge on any atom is 0.129 e. The Morgan fingerprint density at radius 2 is 1.95 bits per heavy atom. The molecule has 100 valence electrons. The van der Waals surface area contributed by atoms with Crippen LogP contribution in [0.25, 0.3) is 10.6 Å². The van der Waals surface area contributed by atoms with Gasteiger partial charge in [0, 0.05) is 23.0 Å². The van der Waals surface area contributed by atoms with Gasteiger partial charge in [0.05, 0.1) is 17.7 Å². The molecule has 1 heterocycles. The number of aromatic nitrogens is 1. The van der Waals surface area contributed by atoms with Crippen molar-refractivity contribution in [3.63, 3.8) is 0 Å². The van der Waals surface area contributed by atoms with E-state index in [9.17, 15) is 5.26 Å². The van der Waals surface area contributed by atoms with Gasteiger partial charge in [0.15, 0.2) is 0 Å². The average Bonchev–Trinajstić information content (AvgIpc) is 2.48. The fourth-order valence-electron chi connectivity index (χ4n) is 1.74. The smallest absolute Gasteiger partial charge is 0.129 e. The van der Waals surface area contributed by atoms with Crippen molar-refractivity contribution in [2.75, 3.05) is 7.11 Å². The first-order valence-corrected chi connectivity index (χ1v) is 6.47. The molecule has 0 amide bonds. The lowest BCUT2D eigenvalue weighted by molar-refractivity contribution is 0.414. The van der Waals surface area contributed by atoms with Crippen LogP contribution in [0.2, 0.25) is 5.02 Å². The number of allylic oxidation sites excluding steroid dienone is 1. The van der Waals surface area contributed by atoms with E-state index in [1.165, 1.54) is 7.11 Å². The van der Waals surface area contributed by atoms with Crippen LogP contribution in [0.4, 0.5) is 0 Å². The normalized spacial score (nSPS) is 11.5. The summed E-state index contributed by atoms with van der Waals surface area (Å²) in [4.78, 5) is 3.92. The molecule has 0 spiro atoms. The minimum Gasteiger partial charge on any atom is -0.496 e. The first-order chi connectivity index (χ1) is 9.67. The Hall–Kier alpha value is -2.02. The summed E-state index contributed by atoms with van der Waals surface area (Å²) in [6.45, 7) is 0. The first-order valence-electron chi connectivity index (χ1n) is 5.71. The van der Waals surface area contributed by atoms with Gasteiger partial charge in [-0.3, -0.25) is 4.98 Å². The van der Waals surface area contributed by atoms with E-state index < -0.39 is 0 Å². The van der Waals surface area contributed by atoms with E-state index in [2.05, 4.69) is 11.1 Å². The zero-order chi connectivity index (χ0) is 14.5. The van der Waals surface area contributed by atoms with E-state index in [0.717, 1.165) is 0 Å². The molecule has 0 saturated carbocycles. The monoisotopic (exact) mass is 304 g/mol. The summed E-state index contributed by atoms with van der Waals surface area (Å²) in [7, 11) is 1.53. The predicted molar refractivity (Wildman–Crippen MR) is 80.5 cm³/mol. The van der Waals surface area contributed by atoms with E-state index in [1.54, 1.807) is 42.7 Å². The number of nitrogens with zero attached hydrogens (tertiary/aromatic N) is 2. The molecule has 0 fully saturated rings. The zero-order valence-electron chi connectivity index (χ0n) is 10.6. The minimum atomic E-state index is 0.312. The van der Waals surface area contributed by atoms with Crippen LogP contribution in [-0.4, -0.2) is 12.1 Å². The standard InChI is InChI=1S/C15H10Cl2N2O/c1-20-14-8-11(16)2-3-12(14)15(17)13(9-18)10-4-6-19-7-5-10/h2-8H,1H3/b15-13+. The van der Waals surface area contributed by atoms with Crippen molar-refractivity contribution in [3.05, 3.63) is 58.9 Å². The van der Waals surface area contributed by atoms with Gasteiger partial charge in [-0.15, -0.1) is 0 Å². The van der Waals surface area contributed by atoms with E-state index in [1.807, 2.05) is 0 Å². The predicted octanol–water partition coefficient (Wildman–Crippen LogP) is 4.37. The number of halogens is 2. The quantitative estimate of drug-likeness (QED) is 0.791. The second-order valence-electron chi connectivity index (χ2n) is 3.88. The molecule has 0 aliphatic heterocycles. The molecule has 3 nitrogen and oxygen atoms in total. The van der Waals surface area contributed by atoms with Crippen molar-refractivity contribution in [1.82, 2.24) is 4.98 Å². The van der Waals surface area contributed by atoms with Crippen molar-refractivity contribution < 1.29 is 4.74 Å². The lowest BCUT2D eigenvalue weighted by atomic mass is 10.0. The van der Waals surface area contributed by atoms with Crippen molar-refractivity contribution >= 4 is 33.8 Å². The molecule has 0 aliphatic rings. The molecule has 5 heteroatoms. The van der Waals surface area contributed by atoms with Crippen LogP contribution in [-0.2, 0) is 0 Å². The summed E-state index contributed by atoms with van der Waals surface area (Å²) in [5.74, 6) is 0.518. The molecule has 0 radical (unpaired) electrons. The highest BCUT2D eigenvalue weighted by Crippen LogP contribution is 2.36. The molecule has 20 heavy (non-hydrogen) atoms. The van der Waals surface area contributed by atoms with Gasteiger partial charge in [0.2, 0.25) is 0 Å². The Kier molecular flexibility index (Phi) is 4.62. The maximum absolute atomic E-state index is 9.35. The lowest BCUT2D eigenvalue weighted by Gasteiger charge is -2.10. The third-order valence-electron chi connectivity index (χ3n) is 2.70. The van der Waals surface area contributed by atoms with E-state index >= 15 is 0 Å². The van der Waals surface area contributed by atoms with Crippen LogP contribution < -0.4 is 4.74 Å². The SMILES string of the molecule is COc1cc(Cl)ccc1/C(Cl)=C(/C#N)c1ccncc1. The van der Waals surface area contributed by atoms with E-state index in [4.69, 9.17) is 27.9 Å². The number of benzene rings is 1. The van der Waals surface area contributed by atoms with Crippen molar-refractivity contribution in [2.45, 2.75) is 0 Å². The van der Waals surface area contributed by atoms with Crippen LogP contribution in [0, 0.1) is 11.3 Å². The maximum atomic E-state index is 9.35. The Balaban J connectivity index is 2.61. The van der Waals surface area contributed by atoms with Gasteiger partial charge in [-0.2, -0.15) is 5.26 Å². The topological polar surface area (TPSA) is 45.9 Å². The van der Waals surface area contributed by atoms with Crippen LogP contribution in [0.5, 0.6) is 5.75 Å². The van der Waals surface area contributed by atoms with Gasteiger partial charge in [-0.1, -0.05) is 23.2 Å². The van der Waals surface area contributed by atoms with Gasteiger partial charge in [0.1, 0.15) is 11.8 Å².